The maximum atomic E-state index is 13.6. The van der Waals surface area contributed by atoms with Crippen molar-refractivity contribution in [2.24, 2.45) is 5.92 Å². The summed E-state index contributed by atoms with van der Waals surface area (Å²) in [7, 11) is 0. The number of piperidine rings is 1. The van der Waals surface area contributed by atoms with Gasteiger partial charge in [0.2, 0.25) is 11.8 Å². The van der Waals surface area contributed by atoms with Gasteiger partial charge >= 0.3 is 6.01 Å². The minimum Gasteiger partial charge on any atom is -0.408 e. The molecule has 2 fully saturated rings. The summed E-state index contributed by atoms with van der Waals surface area (Å²) in [5.41, 5.74) is 0.414. The van der Waals surface area contributed by atoms with E-state index < -0.39 is 17.7 Å². The van der Waals surface area contributed by atoms with Crippen LogP contribution in [0.1, 0.15) is 36.8 Å². The maximum absolute atomic E-state index is 13.6. The molecule has 0 spiro atoms. The lowest BCUT2D eigenvalue weighted by molar-refractivity contribution is -0.182. The first-order valence-corrected chi connectivity index (χ1v) is 8.98. The van der Waals surface area contributed by atoms with Gasteiger partial charge < -0.3 is 9.32 Å². The second-order valence-electron chi connectivity index (χ2n) is 6.87. The van der Waals surface area contributed by atoms with Gasteiger partial charge in [-0.3, -0.25) is 9.63 Å². The van der Waals surface area contributed by atoms with Crippen LogP contribution in [0.5, 0.6) is 0 Å². The van der Waals surface area contributed by atoms with Crippen LogP contribution in [0.3, 0.4) is 0 Å². The Morgan fingerprint density at radius 1 is 1.11 bits per heavy atom. The lowest BCUT2D eigenvalue weighted by atomic mass is 9.94. The van der Waals surface area contributed by atoms with Crippen molar-refractivity contribution in [2.75, 3.05) is 24.6 Å². The molecule has 0 saturated carbocycles. The van der Waals surface area contributed by atoms with Crippen molar-refractivity contribution in [3.63, 3.8) is 0 Å². The van der Waals surface area contributed by atoms with E-state index in [1.54, 1.807) is 6.92 Å². The topological polar surface area (TPSA) is 71.7 Å². The molecule has 0 bridgehead atoms. The SMILES string of the molecule is Cc1nnc(N2CCC(C(=O)N3OCC[C@H]3c3cc(F)cc(F)c3)CC2)o1. The van der Waals surface area contributed by atoms with Gasteiger partial charge in [-0.25, -0.2) is 13.8 Å². The molecule has 7 nitrogen and oxygen atoms in total. The number of hydroxylamine groups is 2. The summed E-state index contributed by atoms with van der Waals surface area (Å²) in [5, 5.41) is 9.12. The first-order chi connectivity index (χ1) is 13.0. The summed E-state index contributed by atoms with van der Waals surface area (Å²) in [6, 6.07) is 3.32. The zero-order valence-electron chi connectivity index (χ0n) is 14.9. The molecule has 144 valence electrons. The predicted octanol–water partition coefficient (Wildman–Crippen LogP) is 2.78. The quantitative estimate of drug-likeness (QED) is 0.818. The summed E-state index contributed by atoms with van der Waals surface area (Å²) in [6.07, 6.45) is 1.74. The fraction of sp³-hybridized carbons (Fsp3) is 0.500. The number of carbonyl (C=O) groups is 1. The molecular weight excluding hydrogens is 358 g/mol. The molecule has 2 saturated heterocycles. The van der Waals surface area contributed by atoms with Crippen LogP contribution in [0.4, 0.5) is 14.8 Å². The van der Waals surface area contributed by atoms with E-state index in [1.807, 2.05) is 4.90 Å². The van der Waals surface area contributed by atoms with Gasteiger partial charge in [-0.05, 0) is 30.5 Å². The minimum absolute atomic E-state index is 0.150. The molecule has 3 heterocycles. The van der Waals surface area contributed by atoms with Crippen LogP contribution in [0.15, 0.2) is 22.6 Å². The van der Waals surface area contributed by atoms with E-state index in [0.29, 0.717) is 56.4 Å². The van der Waals surface area contributed by atoms with E-state index in [1.165, 1.54) is 17.2 Å². The van der Waals surface area contributed by atoms with Crippen LogP contribution in [0.25, 0.3) is 0 Å². The summed E-state index contributed by atoms with van der Waals surface area (Å²) in [4.78, 5) is 20.4. The summed E-state index contributed by atoms with van der Waals surface area (Å²) in [6.45, 7) is 3.30. The Kier molecular flexibility index (Phi) is 4.77. The van der Waals surface area contributed by atoms with Gasteiger partial charge in [-0.1, -0.05) is 5.10 Å². The van der Waals surface area contributed by atoms with Crippen LogP contribution in [-0.4, -0.2) is 40.9 Å². The molecule has 0 aliphatic carbocycles. The zero-order valence-corrected chi connectivity index (χ0v) is 14.9. The van der Waals surface area contributed by atoms with Crippen molar-refractivity contribution >= 4 is 11.9 Å². The first kappa shape index (κ1) is 17.8. The van der Waals surface area contributed by atoms with Gasteiger partial charge in [0.1, 0.15) is 11.6 Å². The number of rotatable bonds is 3. The molecular formula is C18H20F2N4O3. The van der Waals surface area contributed by atoms with Crippen molar-refractivity contribution in [3.05, 3.63) is 41.3 Å². The monoisotopic (exact) mass is 378 g/mol. The first-order valence-electron chi connectivity index (χ1n) is 8.98. The highest BCUT2D eigenvalue weighted by atomic mass is 19.1. The Morgan fingerprint density at radius 3 is 2.44 bits per heavy atom. The summed E-state index contributed by atoms with van der Waals surface area (Å²) in [5.74, 6) is -1.19. The van der Waals surface area contributed by atoms with E-state index in [2.05, 4.69) is 10.2 Å². The molecule has 0 radical (unpaired) electrons. The Labute approximate surface area is 154 Å². The molecule has 2 aromatic rings. The van der Waals surface area contributed by atoms with Gasteiger partial charge in [0.05, 0.1) is 12.6 Å². The van der Waals surface area contributed by atoms with Crippen molar-refractivity contribution in [3.8, 4) is 0 Å². The normalized spacial score (nSPS) is 21.1. The molecule has 1 aromatic heterocycles. The highest BCUT2D eigenvalue weighted by Crippen LogP contribution is 2.34. The highest BCUT2D eigenvalue weighted by molar-refractivity contribution is 5.78. The number of anilines is 1. The minimum atomic E-state index is -0.660. The average molecular weight is 378 g/mol. The number of amides is 1. The lowest BCUT2D eigenvalue weighted by Gasteiger charge is -2.33. The van der Waals surface area contributed by atoms with Crippen LogP contribution in [0.2, 0.25) is 0 Å². The van der Waals surface area contributed by atoms with Gasteiger partial charge in [0.25, 0.3) is 0 Å². The smallest absolute Gasteiger partial charge is 0.318 e. The Bertz CT molecular complexity index is 816. The second-order valence-corrected chi connectivity index (χ2v) is 6.87. The van der Waals surface area contributed by atoms with E-state index in [-0.39, 0.29) is 11.8 Å². The number of nitrogens with zero attached hydrogens (tertiary/aromatic N) is 4. The lowest BCUT2D eigenvalue weighted by Crippen LogP contribution is -2.42. The van der Waals surface area contributed by atoms with E-state index >= 15 is 0 Å². The molecule has 27 heavy (non-hydrogen) atoms. The Morgan fingerprint density at radius 2 is 1.81 bits per heavy atom. The van der Waals surface area contributed by atoms with Gasteiger partial charge in [-0.15, -0.1) is 5.10 Å². The largest absolute Gasteiger partial charge is 0.408 e. The second kappa shape index (κ2) is 7.22. The van der Waals surface area contributed by atoms with Crippen molar-refractivity contribution in [1.82, 2.24) is 15.3 Å². The Balaban J connectivity index is 1.43. The fourth-order valence-electron chi connectivity index (χ4n) is 3.67. The number of aromatic nitrogens is 2. The third-order valence-electron chi connectivity index (χ3n) is 5.02. The molecule has 2 aliphatic heterocycles. The number of hydrogen-bond donors (Lipinski definition) is 0. The molecule has 2 aliphatic rings. The number of carbonyl (C=O) groups excluding carboxylic acids is 1. The van der Waals surface area contributed by atoms with Crippen molar-refractivity contribution in [1.29, 1.82) is 0 Å². The third kappa shape index (κ3) is 3.64. The molecule has 0 unspecified atom stereocenters. The molecule has 4 rings (SSSR count). The van der Waals surface area contributed by atoms with Crippen molar-refractivity contribution in [2.45, 2.75) is 32.2 Å². The standard InChI is InChI=1S/C18H20F2N4O3/c1-11-21-22-18(27-11)23-5-2-12(3-6-23)17(25)24-16(4-7-26-24)13-8-14(19)10-15(20)9-13/h8-10,12,16H,2-7H2,1H3/t16-/m0/s1. The molecule has 1 aromatic carbocycles. The van der Waals surface area contributed by atoms with Crippen LogP contribution in [0, 0.1) is 24.5 Å². The highest BCUT2D eigenvalue weighted by Gasteiger charge is 2.37. The van der Waals surface area contributed by atoms with E-state index in [9.17, 15) is 13.6 Å². The van der Waals surface area contributed by atoms with E-state index in [0.717, 1.165) is 6.07 Å². The maximum Gasteiger partial charge on any atom is 0.318 e. The third-order valence-corrected chi connectivity index (χ3v) is 5.02. The van der Waals surface area contributed by atoms with Crippen LogP contribution >= 0.6 is 0 Å². The molecule has 0 N–H and O–H groups in total. The van der Waals surface area contributed by atoms with E-state index in [4.69, 9.17) is 9.25 Å². The number of halogens is 2. The zero-order chi connectivity index (χ0) is 19.0. The van der Waals surface area contributed by atoms with Crippen molar-refractivity contribution < 1.29 is 22.8 Å². The van der Waals surface area contributed by atoms with Crippen LogP contribution in [-0.2, 0) is 9.63 Å². The van der Waals surface area contributed by atoms with Gasteiger partial charge in [-0.2, -0.15) is 0 Å². The summed E-state index contributed by atoms with van der Waals surface area (Å²) < 4.78 is 32.5. The molecule has 1 amide bonds. The Hall–Kier alpha value is -2.55. The number of hydrogen-bond acceptors (Lipinski definition) is 6. The number of benzene rings is 1. The summed E-state index contributed by atoms with van der Waals surface area (Å²) >= 11 is 0. The molecule has 9 heteroatoms. The predicted molar refractivity (Wildman–Crippen MR) is 90.5 cm³/mol. The fourth-order valence-corrected chi connectivity index (χ4v) is 3.67. The number of aryl methyl sites for hydroxylation is 1. The molecule has 1 atom stereocenters. The van der Waals surface area contributed by atoms with Crippen LogP contribution < -0.4 is 4.90 Å². The average Bonchev–Trinajstić information content (AvgIpc) is 3.29. The van der Waals surface area contributed by atoms with Gasteiger partial charge in [0, 0.05) is 38.4 Å². The van der Waals surface area contributed by atoms with Gasteiger partial charge in [0.15, 0.2) is 0 Å².